The molecule has 0 saturated heterocycles. The Hall–Kier alpha value is -1.30. The van der Waals surface area contributed by atoms with Gasteiger partial charge < -0.3 is 20.1 Å². The number of hydrogen-bond acceptors (Lipinski definition) is 4. The molecule has 0 fully saturated rings. The second-order valence-electron chi connectivity index (χ2n) is 6.45. The van der Waals surface area contributed by atoms with Crippen LogP contribution in [0.4, 0.5) is 0 Å². The molecule has 148 valence electrons. The summed E-state index contributed by atoms with van der Waals surface area (Å²) in [6, 6.07) is 0. The molecule has 0 radical (unpaired) electrons. The van der Waals surface area contributed by atoms with Crippen LogP contribution in [0.3, 0.4) is 0 Å². The Bertz CT molecular complexity index is 360. The van der Waals surface area contributed by atoms with Crippen molar-refractivity contribution in [3.63, 3.8) is 0 Å². The van der Waals surface area contributed by atoms with E-state index in [1.165, 1.54) is 7.11 Å². The van der Waals surface area contributed by atoms with E-state index in [9.17, 15) is 4.79 Å². The smallest absolute Gasteiger partial charge is 0.305 e. The molecule has 0 amide bonds. The SMILES string of the molecule is CCNC(=NCCCCCCC(=O)OC)NCCC(OCC)C(C)C. The first-order chi connectivity index (χ1) is 12.0. The number of unbranched alkanes of at least 4 members (excludes halogenated alkanes) is 3. The quantitative estimate of drug-likeness (QED) is 0.216. The average Bonchev–Trinajstić information content (AvgIpc) is 2.59. The molecule has 0 spiro atoms. The van der Waals surface area contributed by atoms with Gasteiger partial charge in [0.05, 0.1) is 13.2 Å². The minimum absolute atomic E-state index is 0.122. The highest BCUT2D eigenvalue weighted by molar-refractivity contribution is 5.79. The molecular formula is C19H39N3O3. The first-order valence-corrected chi connectivity index (χ1v) is 9.75. The molecule has 0 bridgehead atoms. The van der Waals surface area contributed by atoms with Crippen LogP contribution in [-0.4, -0.2) is 51.4 Å². The number of guanidine groups is 1. The number of aliphatic imine (C=N–C) groups is 1. The molecule has 0 saturated carbocycles. The van der Waals surface area contributed by atoms with Gasteiger partial charge in [-0.2, -0.15) is 0 Å². The maximum absolute atomic E-state index is 11.0. The summed E-state index contributed by atoms with van der Waals surface area (Å²) >= 11 is 0. The minimum Gasteiger partial charge on any atom is -0.469 e. The third-order valence-corrected chi connectivity index (χ3v) is 3.98. The van der Waals surface area contributed by atoms with Crippen LogP contribution in [0.5, 0.6) is 0 Å². The van der Waals surface area contributed by atoms with Gasteiger partial charge in [-0.3, -0.25) is 9.79 Å². The van der Waals surface area contributed by atoms with Gasteiger partial charge in [0.2, 0.25) is 0 Å². The largest absolute Gasteiger partial charge is 0.469 e. The van der Waals surface area contributed by atoms with E-state index in [0.717, 1.165) is 64.3 Å². The number of esters is 1. The fourth-order valence-corrected chi connectivity index (χ4v) is 2.53. The lowest BCUT2D eigenvalue weighted by Crippen LogP contribution is -2.39. The van der Waals surface area contributed by atoms with Crippen molar-refractivity contribution in [1.29, 1.82) is 0 Å². The molecule has 0 aliphatic carbocycles. The summed E-state index contributed by atoms with van der Waals surface area (Å²) in [5.74, 6) is 1.27. The Morgan fingerprint density at radius 3 is 2.40 bits per heavy atom. The average molecular weight is 358 g/mol. The van der Waals surface area contributed by atoms with E-state index in [-0.39, 0.29) is 12.1 Å². The van der Waals surface area contributed by atoms with E-state index in [4.69, 9.17) is 4.74 Å². The van der Waals surface area contributed by atoms with Crippen LogP contribution in [-0.2, 0) is 14.3 Å². The first-order valence-electron chi connectivity index (χ1n) is 9.75. The van der Waals surface area contributed by atoms with Crippen molar-refractivity contribution in [3.8, 4) is 0 Å². The summed E-state index contributed by atoms with van der Waals surface area (Å²) in [6.07, 6.45) is 5.83. The molecule has 0 aliphatic heterocycles. The molecular weight excluding hydrogens is 318 g/mol. The fraction of sp³-hybridized carbons (Fsp3) is 0.895. The molecule has 25 heavy (non-hydrogen) atoms. The van der Waals surface area contributed by atoms with Crippen molar-refractivity contribution in [2.75, 3.05) is 33.4 Å². The Balaban J connectivity index is 3.98. The maximum Gasteiger partial charge on any atom is 0.305 e. The summed E-state index contributed by atoms with van der Waals surface area (Å²) in [7, 11) is 1.43. The summed E-state index contributed by atoms with van der Waals surface area (Å²) in [4.78, 5) is 15.6. The Labute approximate surface area is 154 Å². The molecule has 6 nitrogen and oxygen atoms in total. The lowest BCUT2D eigenvalue weighted by molar-refractivity contribution is -0.140. The van der Waals surface area contributed by atoms with Crippen LogP contribution < -0.4 is 10.6 Å². The highest BCUT2D eigenvalue weighted by Gasteiger charge is 2.12. The summed E-state index contributed by atoms with van der Waals surface area (Å²) in [6.45, 7) is 11.8. The van der Waals surface area contributed by atoms with Crippen molar-refractivity contribution in [3.05, 3.63) is 0 Å². The first kappa shape index (κ1) is 23.7. The van der Waals surface area contributed by atoms with Crippen LogP contribution in [0.1, 0.15) is 66.2 Å². The highest BCUT2D eigenvalue weighted by Crippen LogP contribution is 2.10. The molecule has 0 rings (SSSR count). The van der Waals surface area contributed by atoms with Crippen molar-refractivity contribution >= 4 is 11.9 Å². The predicted octanol–water partition coefficient (Wildman–Crippen LogP) is 3.12. The van der Waals surface area contributed by atoms with E-state index in [2.05, 4.69) is 41.1 Å². The number of hydrogen-bond donors (Lipinski definition) is 2. The Morgan fingerprint density at radius 1 is 1.08 bits per heavy atom. The molecule has 6 heteroatoms. The summed E-state index contributed by atoms with van der Waals surface area (Å²) < 4.78 is 10.4. The van der Waals surface area contributed by atoms with Gasteiger partial charge in [0.25, 0.3) is 0 Å². The monoisotopic (exact) mass is 357 g/mol. The van der Waals surface area contributed by atoms with E-state index < -0.39 is 0 Å². The fourth-order valence-electron chi connectivity index (χ4n) is 2.53. The normalized spacial score (nSPS) is 13.0. The number of carbonyl (C=O) groups is 1. The van der Waals surface area contributed by atoms with E-state index in [1.807, 2.05) is 6.92 Å². The second kappa shape index (κ2) is 16.2. The van der Waals surface area contributed by atoms with Crippen LogP contribution in [0, 0.1) is 5.92 Å². The molecule has 0 aromatic heterocycles. The molecule has 0 aromatic rings. The number of rotatable bonds is 14. The zero-order valence-electron chi connectivity index (χ0n) is 16.9. The number of nitrogens with one attached hydrogen (secondary N) is 2. The molecule has 1 unspecified atom stereocenters. The number of carbonyl (C=O) groups excluding carboxylic acids is 1. The van der Waals surface area contributed by atoms with Crippen molar-refractivity contribution in [2.45, 2.75) is 72.3 Å². The van der Waals surface area contributed by atoms with Crippen LogP contribution >= 0.6 is 0 Å². The summed E-state index contributed by atoms with van der Waals surface area (Å²) in [5, 5.41) is 6.67. The third-order valence-electron chi connectivity index (χ3n) is 3.98. The second-order valence-corrected chi connectivity index (χ2v) is 6.45. The topological polar surface area (TPSA) is 72.0 Å². The highest BCUT2D eigenvalue weighted by atomic mass is 16.5. The molecule has 0 heterocycles. The lowest BCUT2D eigenvalue weighted by atomic mass is 10.0. The van der Waals surface area contributed by atoms with Gasteiger partial charge in [0.1, 0.15) is 0 Å². The molecule has 1 atom stereocenters. The molecule has 2 N–H and O–H groups in total. The number of nitrogens with zero attached hydrogens (tertiary/aromatic N) is 1. The zero-order chi connectivity index (χ0) is 18.9. The van der Waals surface area contributed by atoms with Crippen molar-refractivity contribution in [2.24, 2.45) is 10.9 Å². The van der Waals surface area contributed by atoms with Gasteiger partial charge in [-0.05, 0) is 39.0 Å². The maximum atomic E-state index is 11.0. The molecule has 0 aromatic carbocycles. The van der Waals surface area contributed by atoms with Gasteiger partial charge in [-0.1, -0.05) is 26.7 Å². The van der Waals surface area contributed by atoms with E-state index in [0.29, 0.717) is 12.3 Å². The lowest BCUT2D eigenvalue weighted by Gasteiger charge is -2.21. The van der Waals surface area contributed by atoms with Gasteiger partial charge in [0, 0.05) is 32.7 Å². The minimum atomic E-state index is -0.122. The standard InChI is InChI=1S/C19H39N3O3/c1-6-20-19(22-15-13-17(16(3)4)25-7-2)21-14-11-9-8-10-12-18(23)24-5/h16-17H,6-15H2,1-5H3,(H2,20,21,22). The Kier molecular flexibility index (Phi) is 15.3. The van der Waals surface area contributed by atoms with Gasteiger partial charge in [0.15, 0.2) is 5.96 Å². The number of methoxy groups -OCH3 is 1. The third kappa shape index (κ3) is 13.6. The Morgan fingerprint density at radius 2 is 1.80 bits per heavy atom. The summed E-state index contributed by atoms with van der Waals surface area (Å²) in [5.41, 5.74) is 0. The van der Waals surface area contributed by atoms with E-state index in [1.54, 1.807) is 0 Å². The van der Waals surface area contributed by atoms with E-state index >= 15 is 0 Å². The van der Waals surface area contributed by atoms with Crippen molar-refractivity contribution in [1.82, 2.24) is 10.6 Å². The zero-order valence-corrected chi connectivity index (χ0v) is 16.9. The van der Waals surface area contributed by atoms with Crippen molar-refractivity contribution < 1.29 is 14.3 Å². The van der Waals surface area contributed by atoms with Crippen LogP contribution in [0.15, 0.2) is 4.99 Å². The number of ether oxygens (including phenoxy) is 2. The predicted molar refractivity (Wildman–Crippen MR) is 104 cm³/mol. The van der Waals surface area contributed by atoms with Gasteiger partial charge in [-0.25, -0.2) is 0 Å². The van der Waals surface area contributed by atoms with Crippen LogP contribution in [0.2, 0.25) is 0 Å². The molecule has 0 aliphatic rings. The van der Waals surface area contributed by atoms with Crippen LogP contribution in [0.25, 0.3) is 0 Å². The van der Waals surface area contributed by atoms with Gasteiger partial charge in [-0.15, -0.1) is 0 Å². The van der Waals surface area contributed by atoms with Gasteiger partial charge >= 0.3 is 5.97 Å².